The second-order valence-electron chi connectivity index (χ2n) is 5.26. The lowest BCUT2D eigenvalue weighted by atomic mass is 10.2. The van der Waals surface area contributed by atoms with Crippen molar-refractivity contribution in [2.45, 2.75) is 18.6 Å². The Balaban J connectivity index is 1.56. The van der Waals surface area contributed by atoms with Crippen molar-refractivity contribution in [2.75, 3.05) is 12.4 Å². The summed E-state index contributed by atoms with van der Waals surface area (Å²) in [6.07, 6.45) is 0. The Bertz CT molecular complexity index is 792. The largest absolute Gasteiger partial charge is 0.493 e. The van der Waals surface area contributed by atoms with E-state index in [0.717, 1.165) is 29.0 Å². The third-order valence-electron chi connectivity index (χ3n) is 3.46. The highest BCUT2D eigenvalue weighted by Crippen LogP contribution is 2.20. The summed E-state index contributed by atoms with van der Waals surface area (Å²) in [5, 5.41) is 10.1. The van der Waals surface area contributed by atoms with Crippen molar-refractivity contribution in [2.24, 2.45) is 0 Å². The minimum Gasteiger partial charge on any atom is -0.493 e. The van der Waals surface area contributed by atoms with Gasteiger partial charge >= 0.3 is 0 Å². The lowest BCUT2D eigenvalue weighted by molar-refractivity contribution is 0.344. The van der Waals surface area contributed by atoms with E-state index in [9.17, 15) is 0 Å². The second kappa shape index (κ2) is 8.22. The fourth-order valence-corrected chi connectivity index (χ4v) is 3.25. The summed E-state index contributed by atoms with van der Waals surface area (Å²) in [5.74, 6) is 2.49. The molecule has 0 radical (unpaired) electrons. The lowest BCUT2D eigenvalue weighted by Gasteiger charge is -2.09. The first-order chi connectivity index (χ1) is 11.7. The van der Waals surface area contributed by atoms with Gasteiger partial charge in [-0.15, -0.1) is 10.2 Å². The van der Waals surface area contributed by atoms with Crippen molar-refractivity contribution in [1.29, 1.82) is 0 Å². The zero-order chi connectivity index (χ0) is 16.8. The van der Waals surface area contributed by atoms with Gasteiger partial charge in [-0.1, -0.05) is 59.8 Å². The molecule has 0 saturated heterocycles. The van der Waals surface area contributed by atoms with Crippen molar-refractivity contribution >= 4 is 23.4 Å². The highest BCUT2D eigenvalue weighted by molar-refractivity contribution is 7.99. The van der Waals surface area contributed by atoms with Crippen molar-refractivity contribution in [1.82, 2.24) is 14.8 Å². The van der Waals surface area contributed by atoms with E-state index in [1.165, 1.54) is 5.56 Å². The van der Waals surface area contributed by atoms with E-state index in [4.69, 9.17) is 16.3 Å². The van der Waals surface area contributed by atoms with Gasteiger partial charge in [-0.05, 0) is 30.7 Å². The maximum Gasteiger partial charge on any atom is 0.191 e. The molecule has 0 spiro atoms. The molecule has 1 aromatic heterocycles. The smallest absolute Gasteiger partial charge is 0.191 e. The summed E-state index contributed by atoms with van der Waals surface area (Å²) in [5.41, 5.74) is 1.23. The lowest BCUT2D eigenvalue weighted by Crippen LogP contribution is -2.06. The van der Waals surface area contributed by atoms with Crippen LogP contribution in [0.4, 0.5) is 0 Å². The topological polar surface area (TPSA) is 39.9 Å². The Hall–Kier alpha value is -1.98. The number of halogens is 1. The SMILES string of the molecule is Cc1nnc(SCCOc2cccc(Cl)c2)n1Cc1ccccc1. The third-order valence-corrected chi connectivity index (χ3v) is 4.63. The van der Waals surface area contributed by atoms with Crippen LogP contribution in [-0.4, -0.2) is 27.1 Å². The maximum absolute atomic E-state index is 5.95. The number of ether oxygens (including phenoxy) is 1. The molecule has 2 aromatic carbocycles. The van der Waals surface area contributed by atoms with Crippen LogP contribution in [0.25, 0.3) is 0 Å². The van der Waals surface area contributed by atoms with Gasteiger partial charge in [0.2, 0.25) is 0 Å². The minimum absolute atomic E-state index is 0.586. The Labute approximate surface area is 150 Å². The van der Waals surface area contributed by atoms with Crippen molar-refractivity contribution < 1.29 is 4.74 Å². The molecular weight excluding hydrogens is 342 g/mol. The van der Waals surface area contributed by atoms with E-state index in [1.54, 1.807) is 11.8 Å². The van der Waals surface area contributed by atoms with Crippen LogP contribution < -0.4 is 4.74 Å². The number of hydrogen-bond acceptors (Lipinski definition) is 4. The molecule has 1 heterocycles. The molecule has 124 valence electrons. The molecular formula is C18H18ClN3OS. The normalized spacial score (nSPS) is 10.8. The summed E-state index contributed by atoms with van der Waals surface area (Å²) in [4.78, 5) is 0. The fourth-order valence-electron chi connectivity index (χ4n) is 2.27. The predicted octanol–water partition coefficient (Wildman–Crippen LogP) is 4.46. The summed E-state index contributed by atoms with van der Waals surface area (Å²) >= 11 is 7.59. The molecule has 0 unspecified atom stereocenters. The first-order valence-corrected chi connectivity index (χ1v) is 9.03. The van der Waals surface area contributed by atoms with Gasteiger partial charge < -0.3 is 9.30 Å². The number of benzene rings is 2. The molecule has 0 aliphatic carbocycles. The van der Waals surface area contributed by atoms with Crippen LogP contribution in [0.3, 0.4) is 0 Å². The van der Waals surface area contributed by atoms with Gasteiger partial charge in [0.1, 0.15) is 11.6 Å². The molecule has 0 N–H and O–H groups in total. The van der Waals surface area contributed by atoms with E-state index in [2.05, 4.69) is 26.9 Å². The van der Waals surface area contributed by atoms with Gasteiger partial charge in [-0.2, -0.15) is 0 Å². The molecule has 3 aromatic rings. The van der Waals surface area contributed by atoms with Crippen molar-refractivity contribution in [3.05, 3.63) is 71.0 Å². The molecule has 0 bridgehead atoms. The van der Waals surface area contributed by atoms with Gasteiger partial charge in [0.25, 0.3) is 0 Å². The van der Waals surface area contributed by atoms with Crippen LogP contribution >= 0.6 is 23.4 Å². The molecule has 0 aliphatic rings. The summed E-state index contributed by atoms with van der Waals surface area (Å²) in [6.45, 7) is 3.34. The summed E-state index contributed by atoms with van der Waals surface area (Å²) in [7, 11) is 0. The maximum atomic E-state index is 5.95. The summed E-state index contributed by atoms with van der Waals surface area (Å²) < 4.78 is 7.84. The molecule has 4 nitrogen and oxygen atoms in total. The minimum atomic E-state index is 0.586. The Morgan fingerprint density at radius 3 is 2.71 bits per heavy atom. The zero-order valence-electron chi connectivity index (χ0n) is 13.4. The van der Waals surface area contributed by atoms with Crippen LogP contribution in [0, 0.1) is 6.92 Å². The highest BCUT2D eigenvalue weighted by atomic mass is 35.5. The first-order valence-electron chi connectivity index (χ1n) is 7.67. The number of thioether (sulfide) groups is 1. The van der Waals surface area contributed by atoms with E-state index in [1.807, 2.05) is 49.4 Å². The van der Waals surface area contributed by atoms with Gasteiger partial charge in [-0.3, -0.25) is 0 Å². The monoisotopic (exact) mass is 359 g/mol. The molecule has 0 aliphatic heterocycles. The Morgan fingerprint density at radius 2 is 1.92 bits per heavy atom. The standard InChI is InChI=1S/C18H18ClN3OS/c1-14-20-21-18(22(14)13-15-6-3-2-4-7-15)24-11-10-23-17-9-5-8-16(19)12-17/h2-9,12H,10-11,13H2,1H3. The van der Waals surface area contributed by atoms with Crippen LogP contribution in [0.2, 0.25) is 5.02 Å². The van der Waals surface area contributed by atoms with Crippen molar-refractivity contribution in [3.63, 3.8) is 0 Å². The average Bonchev–Trinajstić information content (AvgIpc) is 2.93. The van der Waals surface area contributed by atoms with Gasteiger partial charge in [0.05, 0.1) is 13.2 Å². The molecule has 0 atom stereocenters. The Kier molecular flexibility index (Phi) is 5.77. The van der Waals surface area contributed by atoms with E-state index < -0.39 is 0 Å². The van der Waals surface area contributed by atoms with Crippen LogP contribution in [0.1, 0.15) is 11.4 Å². The molecule has 0 fully saturated rings. The second-order valence-corrected chi connectivity index (χ2v) is 6.75. The van der Waals surface area contributed by atoms with Crippen LogP contribution in [-0.2, 0) is 6.54 Å². The molecule has 6 heteroatoms. The molecule has 0 saturated carbocycles. The van der Waals surface area contributed by atoms with Gasteiger partial charge in [0, 0.05) is 10.8 Å². The summed E-state index contributed by atoms with van der Waals surface area (Å²) in [6, 6.07) is 17.7. The molecule has 0 amide bonds. The number of rotatable bonds is 7. The molecule has 3 rings (SSSR count). The first kappa shape index (κ1) is 16.9. The average molecular weight is 360 g/mol. The van der Waals surface area contributed by atoms with Gasteiger partial charge in [0.15, 0.2) is 5.16 Å². The van der Waals surface area contributed by atoms with Crippen LogP contribution in [0.5, 0.6) is 5.75 Å². The van der Waals surface area contributed by atoms with Gasteiger partial charge in [-0.25, -0.2) is 0 Å². The van der Waals surface area contributed by atoms with E-state index >= 15 is 0 Å². The number of nitrogens with zero attached hydrogens (tertiary/aromatic N) is 3. The Morgan fingerprint density at radius 1 is 1.08 bits per heavy atom. The zero-order valence-corrected chi connectivity index (χ0v) is 14.9. The third kappa shape index (κ3) is 4.52. The van der Waals surface area contributed by atoms with E-state index in [-0.39, 0.29) is 0 Å². The quantitative estimate of drug-likeness (QED) is 0.461. The van der Waals surface area contributed by atoms with Crippen LogP contribution in [0.15, 0.2) is 59.8 Å². The highest BCUT2D eigenvalue weighted by Gasteiger charge is 2.10. The predicted molar refractivity (Wildman–Crippen MR) is 98.0 cm³/mol. The van der Waals surface area contributed by atoms with Crippen molar-refractivity contribution in [3.8, 4) is 5.75 Å². The number of aromatic nitrogens is 3. The number of aryl methyl sites for hydroxylation is 1. The molecule has 24 heavy (non-hydrogen) atoms. The number of hydrogen-bond donors (Lipinski definition) is 0. The fraction of sp³-hybridized carbons (Fsp3) is 0.222. The van der Waals surface area contributed by atoms with E-state index in [0.29, 0.717) is 11.6 Å².